The molecule has 3 aromatic rings. The number of aromatic amines is 1. The monoisotopic (exact) mass is 284 g/mol. The van der Waals surface area contributed by atoms with E-state index in [1.165, 1.54) is 5.56 Å². The average Bonchev–Trinajstić information content (AvgIpc) is 2.82. The number of ether oxygens (including phenoxy) is 1. The number of aromatic nitrogens is 2. The van der Waals surface area contributed by atoms with Gasteiger partial charge in [0.15, 0.2) is 4.77 Å². The van der Waals surface area contributed by atoms with E-state index in [0.29, 0.717) is 4.77 Å². The van der Waals surface area contributed by atoms with Crippen LogP contribution in [0.3, 0.4) is 0 Å². The second-order valence-corrected chi connectivity index (χ2v) is 5.06. The molecule has 0 saturated heterocycles. The molecular formula is C16H16N2OS. The fraction of sp³-hybridized carbons (Fsp3) is 0.188. The highest BCUT2D eigenvalue weighted by atomic mass is 32.1. The van der Waals surface area contributed by atoms with Gasteiger partial charge in [0.1, 0.15) is 5.75 Å². The first-order valence-corrected chi connectivity index (χ1v) is 7.02. The lowest BCUT2D eigenvalue weighted by Crippen LogP contribution is -1.95. The molecule has 0 aliphatic heterocycles. The topological polar surface area (TPSA) is 29.9 Å². The van der Waals surface area contributed by atoms with Crippen molar-refractivity contribution in [3.63, 3.8) is 0 Å². The molecule has 0 fully saturated rings. The molecule has 0 spiro atoms. The van der Waals surface area contributed by atoms with Gasteiger partial charge in [0.25, 0.3) is 0 Å². The SMILES string of the molecule is CCc1cccc(-n2c(=S)[nH]c3ccc(OC)cc32)c1. The number of H-pyrrole nitrogens is 1. The minimum atomic E-state index is 0.696. The van der Waals surface area contributed by atoms with Crippen LogP contribution in [-0.2, 0) is 6.42 Å². The number of nitrogens with one attached hydrogen (secondary N) is 1. The number of rotatable bonds is 3. The Balaban J connectivity index is 2.28. The van der Waals surface area contributed by atoms with Gasteiger partial charge < -0.3 is 9.72 Å². The second kappa shape index (κ2) is 5.13. The summed E-state index contributed by atoms with van der Waals surface area (Å²) in [5.74, 6) is 0.826. The molecule has 0 amide bonds. The first-order chi connectivity index (χ1) is 9.72. The van der Waals surface area contributed by atoms with E-state index < -0.39 is 0 Å². The van der Waals surface area contributed by atoms with Gasteiger partial charge in [-0.3, -0.25) is 4.57 Å². The number of imidazole rings is 1. The molecule has 1 aromatic heterocycles. The van der Waals surface area contributed by atoms with Crippen molar-refractivity contribution < 1.29 is 4.74 Å². The first-order valence-electron chi connectivity index (χ1n) is 6.61. The van der Waals surface area contributed by atoms with E-state index in [9.17, 15) is 0 Å². The van der Waals surface area contributed by atoms with Gasteiger partial charge in [0.2, 0.25) is 0 Å². The van der Waals surface area contributed by atoms with Crippen LogP contribution in [0, 0.1) is 4.77 Å². The number of fused-ring (bicyclic) bond motifs is 1. The molecular weight excluding hydrogens is 268 g/mol. The van der Waals surface area contributed by atoms with Gasteiger partial charge in [-0.05, 0) is 48.5 Å². The Bertz CT molecular complexity index is 817. The smallest absolute Gasteiger partial charge is 0.182 e. The third-order valence-electron chi connectivity index (χ3n) is 3.47. The zero-order valence-corrected chi connectivity index (χ0v) is 12.3. The van der Waals surface area contributed by atoms with Crippen molar-refractivity contribution in [1.29, 1.82) is 0 Å². The van der Waals surface area contributed by atoms with Gasteiger partial charge in [-0.15, -0.1) is 0 Å². The highest BCUT2D eigenvalue weighted by Gasteiger charge is 2.08. The van der Waals surface area contributed by atoms with Crippen LogP contribution in [0.15, 0.2) is 42.5 Å². The molecule has 20 heavy (non-hydrogen) atoms. The van der Waals surface area contributed by atoms with E-state index in [-0.39, 0.29) is 0 Å². The number of hydrogen-bond acceptors (Lipinski definition) is 2. The van der Waals surface area contributed by atoms with Crippen LogP contribution in [0.4, 0.5) is 0 Å². The van der Waals surface area contributed by atoms with Crippen molar-refractivity contribution in [2.24, 2.45) is 0 Å². The molecule has 1 N–H and O–H groups in total. The molecule has 4 heteroatoms. The first kappa shape index (κ1) is 12.9. The third kappa shape index (κ3) is 2.12. The minimum absolute atomic E-state index is 0.696. The summed E-state index contributed by atoms with van der Waals surface area (Å²) in [5.41, 5.74) is 4.41. The summed E-state index contributed by atoms with van der Waals surface area (Å²) in [6.07, 6.45) is 1.01. The fourth-order valence-electron chi connectivity index (χ4n) is 2.38. The van der Waals surface area contributed by atoms with E-state index in [4.69, 9.17) is 17.0 Å². The summed E-state index contributed by atoms with van der Waals surface area (Å²) < 4.78 is 8.05. The Morgan fingerprint density at radius 2 is 2.05 bits per heavy atom. The molecule has 0 aliphatic carbocycles. The summed E-state index contributed by atoms with van der Waals surface area (Å²) in [7, 11) is 1.67. The number of hydrogen-bond donors (Lipinski definition) is 1. The predicted octanol–water partition coefficient (Wildman–Crippen LogP) is 4.26. The number of aryl methyl sites for hydroxylation is 1. The van der Waals surface area contributed by atoms with Gasteiger partial charge in [0, 0.05) is 11.8 Å². The van der Waals surface area contributed by atoms with E-state index in [2.05, 4.69) is 36.2 Å². The zero-order valence-electron chi connectivity index (χ0n) is 11.5. The van der Waals surface area contributed by atoms with Crippen molar-refractivity contribution in [2.45, 2.75) is 13.3 Å². The van der Waals surface area contributed by atoms with Crippen LogP contribution in [0.1, 0.15) is 12.5 Å². The lowest BCUT2D eigenvalue weighted by Gasteiger charge is -2.07. The molecule has 0 atom stereocenters. The van der Waals surface area contributed by atoms with Gasteiger partial charge in [0.05, 0.1) is 18.1 Å². The van der Waals surface area contributed by atoms with E-state index in [0.717, 1.165) is 28.9 Å². The summed E-state index contributed by atoms with van der Waals surface area (Å²) in [6.45, 7) is 2.15. The van der Waals surface area contributed by atoms with Gasteiger partial charge in [-0.2, -0.15) is 0 Å². The number of benzene rings is 2. The van der Waals surface area contributed by atoms with Gasteiger partial charge >= 0.3 is 0 Å². The summed E-state index contributed by atoms with van der Waals surface area (Å²) in [5, 5.41) is 0. The maximum atomic E-state index is 5.46. The number of nitrogens with zero attached hydrogens (tertiary/aromatic N) is 1. The van der Waals surface area contributed by atoms with Crippen molar-refractivity contribution in [2.75, 3.05) is 7.11 Å². The lowest BCUT2D eigenvalue weighted by molar-refractivity contribution is 0.415. The molecule has 0 unspecified atom stereocenters. The Hall–Kier alpha value is -2.07. The van der Waals surface area contributed by atoms with Gasteiger partial charge in [-0.25, -0.2) is 0 Å². The second-order valence-electron chi connectivity index (χ2n) is 4.67. The van der Waals surface area contributed by atoms with E-state index >= 15 is 0 Å². The van der Waals surface area contributed by atoms with Crippen LogP contribution in [0.2, 0.25) is 0 Å². The molecule has 3 rings (SSSR count). The highest BCUT2D eigenvalue weighted by molar-refractivity contribution is 7.71. The van der Waals surface area contributed by atoms with Crippen LogP contribution >= 0.6 is 12.2 Å². The molecule has 2 aromatic carbocycles. The van der Waals surface area contributed by atoms with Crippen molar-refractivity contribution in [1.82, 2.24) is 9.55 Å². The van der Waals surface area contributed by atoms with Crippen LogP contribution in [0.5, 0.6) is 5.75 Å². The quantitative estimate of drug-likeness (QED) is 0.728. The Morgan fingerprint density at radius 1 is 1.20 bits per heavy atom. The molecule has 102 valence electrons. The molecule has 0 radical (unpaired) electrons. The molecule has 1 heterocycles. The number of methoxy groups -OCH3 is 1. The third-order valence-corrected chi connectivity index (χ3v) is 3.75. The Morgan fingerprint density at radius 3 is 2.80 bits per heavy atom. The zero-order chi connectivity index (χ0) is 14.1. The maximum Gasteiger partial charge on any atom is 0.182 e. The summed E-state index contributed by atoms with van der Waals surface area (Å²) in [4.78, 5) is 3.24. The van der Waals surface area contributed by atoms with E-state index in [1.54, 1.807) is 7.11 Å². The Kier molecular flexibility index (Phi) is 3.32. The largest absolute Gasteiger partial charge is 0.497 e. The van der Waals surface area contributed by atoms with Crippen LogP contribution < -0.4 is 4.74 Å². The van der Waals surface area contributed by atoms with Gasteiger partial charge in [-0.1, -0.05) is 19.1 Å². The van der Waals surface area contributed by atoms with E-state index in [1.807, 2.05) is 22.8 Å². The summed E-state index contributed by atoms with van der Waals surface area (Å²) in [6, 6.07) is 14.4. The lowest BCUT2D eigenvalue weighted by atomic mass is 10.1. The normalized spacial score (nSPS) is 10.9. The highest BCUT2D eigenvalue weighted by Crippen LogP contribution is 2.24. The fourth-order valence-corrected chi connectivity index (χ4v) is 2.70. The van der Waals surface area contributed by atoms with Crippen molar-refractivity contribution in [3.05, 3.63) is 52.8 Å². The maximum absolute atomic E-state index is 5.46. The minimum Gasteiger partial charge on any atom is -0.497 e. The standard InChI is InChI=1S/C16H16N2OS/c1-3-11-5-4-6-12(9-11)18-15-10-13(19-2)7-8-14(15)17-16(18)20/h4-10H,3H2,1-2H3,(H,17,20). The van der Waals surface area contributed by atoms with Crippen molar-refractivity contribution >= 4 is 23.3 Å². The van der Waals surface area contributed by atoms with Crippen LogP contribution in [0.25, 0.3) is 16.7 Å². The molecule has 0 saturated carbocycles. The summed E-state index contributed by atoms with van der Waals surface area (Å²) >= 11 is 5.46. The molecule has 0 bridgehead atoms. The van der Waals surface area contributed by atoms with Crippen molar-refractivity contribution in [3.8, 4) is 11.4 Å². The molecule has 0 aliphatic rings. The molecule has 3 nitrogen and oxygen atoms in total. The Labute approximate surface area is 122 Å². The van der Waals surface area contributed by atoms with Crippen LogP contribution in [-0.4, -0.2) is 16.7 Å². The predicted molar refractivity (Wildman–Crippen MR) is 84.4 cm³/mol. The average molecular weight is 284 g/mol.